The normalized spacial score (nSPS) is 11.7. The van der Waals surface area contributed by atoms with E-state index in [0.717, 1.165) is 0 Å². The summed E-state index contributed by atoms with van der Waals surface area (Å²) in [7, 11) is 1.48. The number of aryl methyl sites for hydroxylation is 2. The van der Waals surface area contributed by atoms with Crippen molar-refractivity contribution in [1.29, 1.82) is 0 Å². The zero-order valence-electron chi connectivity index (χ0n) is 7.63. The lowest BCUT2D eigenvalue weighted by Gasteiger charge is -1.97. The van der Waals surface area contributed by atoms with E-state index in [2.05, 4.69) is 10.3 Å². The summed E-state index contributed by atoms with van der Waals surface area (Å²) in [6.45, 7) is 1.48. The highest BCUT2D eigenvalue weighted by Crippen LogP contribution is 2.21. The summed E-state index contributed by atoms with van der Waals surface area (Å²) >= 11 is 0. The van der Waals surface area contributed by atoms with Gasteiger partial charge in [-0.3, -0.25) is 14.8 Å². The van der Waals surface area contributed by atoms with Crippen molar-refractivity contribution < 1.29 is 10.1 Å². The Bertz CT molecular complexity index is 408. The fraction of sp³-hybridized carbons (Fsp3) is 0.333. The number of aromatic nitrogens is 2. The maximum atomic E-state index is 10.6. The van der Waals surface area contributed by atoms with E-state index in [9.17, 15) is 10.1 Å². The minimum Gasteiger partial charge on any atom is -0.409 e. The molecule has 14 heavy (non-hydrogen) atoms. The van der Waals surface area contributed by atoms with Crippen LogP contribution in [0.2, 0.25) is 0 Å². The number of oxime groups is 1. The van der Waals surface area contributed by atoms with Gasteiger partial charge in [0.05, 0.1) is 4.92 Å². The molecule has 8 heteroatoms. The minimum absolute atomic E-state index is 0.00463. The van der Waals surface area contributed by atoms with Gasteiger partial charge >= 0.3 is 5.69 Å². The van der Waals surface area contributed by atoms with E-state index in [-0.39, 0.29) is 22.9 Å². The lowest BCUT2D eigenvalue weighted by Crippen LogP contribution is -2.18. The number of hydrogen-bond acceptors (Lipinski definition) is 5. The van der Waals surface area contributed by atoms with Crippen LogP contribution in [-0.2, 0) is 7.05 Å². The Morgan fingerprint density at radius 3 is 2.79 bits per heavy atom. The van der Waals surface area contributed by atoms with Crippen molar-refractivity contribution in [2.24, 2.45) is 17.9 Å². The fourth-order valence-electron chi connectivity index (χ4n) is 1.20. The highest BCUT2D eigenvalue weighted by Gasteiger charge is 2.26. The van der Waals surface area contributed by atoms with E-state index < -0.39 is 4.92 Å². The monoisotopic (exact) mass is 199 g/mol. The highest BCUT2D eigenvalue weighted by atomic mass is 16.6. The molecule has 0 aliphatic rings. The number of nitrogens with two attached hydrogens (primary N) is 1. The first-order valence-electron chi connectivity index (χ1n) is 3.65. The van der Waals surface area contributed by atoms with Gasteiger partial charge in [0.15, 0.2) is 11.5 Å². The van der Waals surface area contributed by atoms with E-state index >= 15 is 0 Å². The number of amidine groups is 1. The molecule has 76 valence electrons. The van der Waals surface area contributed by atoms with Gasteiger partial charge in [0.25, 0.3) is 0 Å². The van der Waals surface area contributed by atoms with Crippen molar-refractivity contribution in [2.75, 3.05) is 0 Å². The predicted molar refractivity (Wildman–Crippen MR) is 47.1 cm³/mol. The molecule has 0 spiro atoms. The maximum Gasteiger partial charge on any atom is 0.321 e. The molecule has 0 saturated carbocycles. The third kappa shape index (κ3) is 1.37. The van der Waals surface area contributed by atoms with Crippen LogP contribution in [0.4, 0.5) is 5.69 Å². The maximum absolute atomic E-state index is 10.6. The Morgan fingerprint density at radius 2 is 2.36 bits per heavy atom. The van der Waals surface area contributed by atoms with Crippen LogP contribution in [0.1, 0.15) is 11.4 Å². The Labute approximate surface area is 78.8 Å². The first-order chi connectivity index (χ1) is 6.49. The number of hydrogen-bond donors (Lipinski definition) is 2. The summed E-state index contributed by atoms with van der Waals surface area (Å²) in [6, 6.07) is 0. The zero-order valence-corrected chi connectivity index (χ0v) is 7.63. The third-order valence-corrected chi connectivity index (χ3v) is 1.72. The summed E-state index contributed by atoms with van der Waals surface area (Å²) in [5, 5.41) is 25.6. The van der Waals surface area contributed by atoms with Crippen LogP contribution in [0.15, 0.2) is 5.16 Å². The topological polar surface area (TPSA) is 120 Å². The summed E-state index contributed by atoms with van der Waals surface area (Å²) in [6.07, 6.45) is 0. The molecule has 0 radical (unpaired) electrons. The SMILES string of the molecule is Cc1nn(C)c(C(N)=NO)c1[N+](=O)[O-]. The van der Waals surface area contributed by atoms with Crippen LogP contribution >= 0.6 is 0 Å². The van der Waals surface area contributed by atoms with Crippen molar-refractivity contribution in [3.63, 3.8) is 0 Å². The van der Waals surface area contributed by atoms with Gasteiger partial charge in [0.1, 0.15) is 5.69 Å². The molecule has 0 aromatic carbocycles. The quantitative estimate of drug-likeness (QED) is 0.223. The van der Waals surface area contributed by atoms with Gasteiger partial charge in [-0.1, -0.05) is 5.16 Å². The number of nitrogens with zero attached hydrogens (tertiary/aromatic N) is 4. The molecule has 1 heterocycles. The molecule has 0 amide bonds. The molecule has 0 aliphatic heterocycles. The number of nitro groups is 1. The lowest BCUT2D eigenvalue weighted by atomic mass is 10.3. The van der Waals surface area contributed by atoms with Gasteiger partial charge in [-0.05, 0) is 6.92 Å². The first-order valence-corrected chi connectivity index (χ1v) is 3.65. The average molecular weight is 199 g/mol. The van der Waals surface area contributed by atoms with Gasteiger partial charge < -0.3 is 10.9 Å². The molecule has 0 saturated heterocycles. The van der Waals surface area contributed by atoms with Crippen LogP contribution in [0.25, 0.3) is 0 Å². The highest BCUT2D eigenvalue weighted by molar-refractivity contribution is 5.99. The second-order valence-electron chi connectivity index (χ2n) is 2.65. The largest absolute Gasteiger partial charge is 0.409 e. The number of rotatable bonds is 2. The van der Waals surface area contributed by atoms with Crippen LogP contribution in [0.3, 0.4) is 0 Å². The molecule has 1 rings (SSSR count). The Kier molecular flexibility index (Phi) is 2.36. The van der Waals surface area contributed by atoms with Crippen molar-refractivity contribution in [3.05, 3.63) is 21.5 Å². The van der Waals surface area contributed by atoms with Gasteiger partial charge in [0.2, 0.25) is 0 Å². The second kappa shape index (κ2) is 3.32. The summed E-state index contributed by atoms with van der Waals surface area (Å²) < 4.78 is 1.20. The molecule has 1 aromatic rings. The Morgan fingerprint density at radius 1 is 1.79 bits per heavy atom. The van der Waals surface area contributed by atoms with Gasteiger partial charge in [-0.25, -0.2) is 0 Å². The molecule has 0 unspecified atom stereocenters. The van der Waals surface area contributed by atoms with Crippen LogP contribution in [0, 0.1) is 17.0 Å². The molecule has 0 atom stereocenters. The Balaban J connectivity index is 3.47. The first kappa shape index (κ1) is 9.96. The smallest absolute Gasteiger partial charge is 0.321 e. The summed E-state index contributed by atoms with van der Waals surface area (Å²) in [4.78, 5) is 10.0. The Hall–Kier alpha value is -2.12. The van der Waals surface area contributed by atoms with E-state index in [1.807, 2.05) is 0 Å². The summed E-state index contributed by atoms with van der Waals surface area (Å²) in [5.74, 6) is -0.334. The molecule has 0 aliphatic carbocycles. The van der Waals surface area contributed by atoms with Gasteiger partial charge in [-0.15, -0.1) is 0 Å². The standard InChI is InChI=1S/C6H9N5O3/c1-3-4(11(13)14)5(6(7)9-12)10(2)8-3/h12H,1-2H3,(H2,7,9). The average Bonchev–Trinajstić information content (AvgIpc) is 2.39. The van der Waals surface area contributed by atoms with E-state index in [1.165, 1.54) is 18.7 Å². The van der Waals surface area contributed by atoms with E-state index in [4.69, 9.17) is 10.9 Å². The molecular formula is C6H9N5O3. The van der Waals surface area contributed by atoms with Crippen molar-refractivity contribution in [3.8, 4) is 0 Å². The molecule has 0 bridgehead atoms. The molecular weight excluding hydrogens is 190 g/mol. The molecule has 3 N–H and O–H groups in total. The lowest BCUT2D eigenvalue weighted by molar-refractivity contribution is -0.385. The zero-order chi connectivity index (χ0) is 10.9. The van der Waals surface area contributed by atoms with Crippen LogP contribution in [0.5, 0.6) is 0 Å². The van der Waals surface area contributed by atoms with Crippen LogP contribution < -0.4 is 5.73 Å². The molecule has 1 aromatic heterocycles. The van der Waals surface area contributed by atoms with Crippen molar-refractivity contribution >= 4 is 11.5 Å². The van der Waals surface area contributed by atoms with Crippen molar-refractivity contribution in [1.82, 2.24) is 9.78 Å². The second-order valence-corrected chi connectivity index (χ2v) is 2.65. The van der Waals surface area contributed by atoms with Crippen molar-refractivity contribution in [2.45, 2.75) is 6.92 Å². The fourth-order valence-corrected chi connectivity index (χ4v) is 1.20. The molecule has 8 nitrogen and oxygen atoms in total. The summed E-state index contributed by atoms with van der Waals surface area (Å²) in [5.41, 5.74) is 5.25. The predicted octanol–water partition coefficient (Wildman–Crippen LogP) is -0.269. The van der Waals surface area contributed by atoms with Gasteiger partial charge in [0, 0.05) is 7.05 Å². The third-order valence-electron chi connectivity index (χ3n) is 1.72. The minimum atomic E-state index is -0.615. The van der Waals surface area contributed by atoms with E-state index in [0.29, 0.717) is 0 Å². The van der Waals surface area contributed by atoms with Crippen LogP contribution in [-0.4, -0.2) is 25.7 Å². The van der Waals surface area contributed by atoms with Gasteiger partial charge in [-0.2, -0.15) is 5.10 Å². The van der Waals surface area contributed by atoms with E-state index in [1.54, 1.807) is 0 Å². The molecule has 0 fully saturated rings.